The molecule has 4 saturated carbocycles. The molecule has 1 N–H and O–H groups in total. The lowest BCUT2D eigenvalue weighted by Gasteiger charge is -2.57. The van der Waals surface area contributed by atoms with Gasteiger partial charge in [-0.05, 0) is 73.8 Å². The lowest BCUT2D eigenvalue weighted by atomic mass is 9.49. The largest absolute Gasteiger partial charge is 0.354 e. The van der Waals surface area contributed by atoms with E-state index in [-0.39, 0.29) is 5.91 Å². The van der Waals surface area contributed by atoms with Crippen LogP contribution in [-0.4, -0.2) is 60.0 Å². The molecule has 4 bridgehead atoms. The van der Waals surface area contributed by atoms with E-state index in [0.29, 0.717) is 12.0 Å². The molecule has 0 aromatic carbocycles. The fourth-order valence-corrected chi connectivity index (χ4v) is 6.88. The summed E-state index contributed by atoms with van der Waals surface area (Å²) in [6, 6.07) is 6.10. The van der Waals surface area contributed by atoms with Crippen LogP contribution in [0.3, 0.4) is 0 Å². The minimum Gasteiger partial charge on any atom is -0.354 e. The first kappa shape index (κ1) is 18.6. The molecule has 152 valence electrons. The molecular formula is C23H34N4O. The fraction of sp³-hybridized carbons (Fsp3) is 0.739. The number of nitrogens with zero attached hydrogens (tertiary/aromatic N) is 3. The Kier molecular flexibility index (Phi) is 5.14. The van der Waals surface area contributed by atoms with Crippen molar-refractivity contribution in [3.63, 3.8) is 0 Å². The van der Waals surface area contributed by atoms with Gasteiger partial charge in [-0.3, -0.25) is 19.6 Å². The topological polar surface area (TPSA) is 48.5 Å². The number of hydrogen-bond donors (Lipinski definition) is 1. The van der Waals surface area contributed by atoms with Gasteiger partial charge in [-0.25, -0.2) is 0 Å². The summed E-state index contributed by atoms with van der Waals surface area (Å²) in [5.74, 6) is 3.09. The molecule has 1 amide bonds. The van der Waals surface area contributed by atoms with Crippen molar-refractivity contribution in [1.29, 1.82) is 0 Å². The third kappa shape index (κ3) is 4.11. The molecule has 6 rings (SSSR count). The predicted octanol–water partition coefficient (Wildman–Crippen LogP) is 2.53. The Balaban J connectivity index is 1.05. The Hall–Kier alpha value is -1.46. The van der Waals surface area contributed by atoms with E-state index in [1.165, 1.54) is 38.5 Å². The zero-order valence-corrected chi connectivity index (χ0v) is 17.0. The van der Waals surface area contributed by atoms with Crippen LogP contribution in [0.2, 0.25) is 0 Å². The number of carbonyl (C=O) groups is 1. The standard InChI is InChI=1S/C23H34N4O/c28-22(25-17-23-12-18-9-19(13-23)11-20(10-18)14-23)16-27-7-5-26(6-8-27)15-21-3-1-2-4-24-21/h1-4,18-20H,5-17H2,(H,25,28). The molecule has 0 atom stereocenters. The van der Waals surface area contributed by atoms with Crippen LogP contribution in [0.15, 0.2) is 24.4 Å². The van der Waals surface area contributed by atoms with Crippen molar-refractivity contribution in [3.05, 3.63) is 30.1 Å². The van der Waals surface area contributed by atoms with Gasteiger partial charge in [0.2, 0.25) is 5.91 Å². The first-order valence-electron chi connectivity index (χ1n) is 11.3. The number of piperazine rings is 1. The molecule has 1 aromatic heterocycles. The fourth-order valence-electron chi connectivity index (χ4n) is 6.88. The molecule has 5 aliphatic rings. The van der Waals surface area contributed by atoms with Gasteiger partial charge in [0.25, 0.3) is 0 Å². The third-order valence-corrected chi connectivity index (χ3v) is 7.77. The molecule has 5 heteroatoms. The molecule has 2 heterocycles. The minimum absolute atomic E-state index is 0.230. The van der Waals surface area contributed by atoms with Crippen molar-refractivity contribution >= 4 is 5.91 Å². The molecule has 0 spiro atoms. The lowest BCUT2D eigenvalue weighted by molar-refractivity contribution is -0.124. The van der Waals surface area contributed by atoms with Crippen LogP contribution >= 0.6 is 0 Å². The van der Waals surface area contributed by atoms with Crippen LogP contribution in [0.4, 0.5) is 0 Å². The Morgan fingerprint density at radius 2 is 1.64 bits per heavy atom. The zero-order chi connectivity index (χ0) is 19.0. The van der Waals surface area contributed by atoms with E-state index in [2.05, 4.69) is 26.2 Å². The zero-order valence-electron chi connectivity index (χ0n) is 17.0. The van der Waals surface area contributed by atoms with E-state index < -0.39 is 0 Å². The van der Waals surface area contributed by atoms with Crippen molar-refractivity contribution in [2.24, 2.45) is 23.2 Å². The molecule has 5 fully saturated rings. The van der Waals surface area contributed by atoms with Crippen LogP contribution in [0.25, 0.3) is 0 Å². The normalized spacial score (nSPS) is 35.2. The highest BCUT2D eigenvalue weighted by Gasteiger charge is 2.50. The van der Waals surface area contributed by atoms with Crippen molar-refractivity contribution in [1.82, 2.24) is 20.1 Å². The van der Waals surface area contributed by atoms with E-state index >= 15 is 0 Å². The van der Waals surface area contributed by atoms with Gasteiger partial charge in [0.15, 0.2) is 0 Å². The summed E-state index contributed by atoms with van der Waals surface area (Å²) < 4.78 is 0. The first-order valence-corrected chi connectivity index (χ1v) is 11.3. The molecule has 1 aromatic rings. The van der Waals surface area contributed by atoms with E-state index in [4.69, 9.17) is 0 Å². The smallest absolute Gasteiger partial charge is 0.234 e. The number of aromatic nitrogens is 1. The van der Waals surface area contributed by atoms with Gasteiger partial charge in [-0.2, -0.15) is 0 Å². The average molecular weight is 383 g/mol. The first-order chi connectivity index (χ1) is 13.7. The lowest BCUT2D eigenvalue weighted by Crippen LogP contribution is -2.53. The van der Waals surface area contributed by atoms with Gasteiger partial charge in [-0.15, -0.1) is 0 Å². The van der Waals surface area contributed by atoms with Crippen molar-refractivity contribution < 1.29 is 4.79 Å². The highest BCUT2D eigenvalue weighted by molar-refractivity contribution is 5.78. The number of nitrogens with one attached hydrogen (secondary N) is 1. The molecule has 0 unspecified atom stereocenters. The second kappa shape index (κ2) is 7.75. The quantitative estimate of drug-likeness (QED) is 0.821. The Morgan fingerprint density at radius 1 is 1.00 bits per heavy atom. The molecular weight excluding hydrogens is 348 g/mol. The molecule has 1 aliphatic heterocycles. The highest BCUT2D eigenvalue weighted by Crippen LogP contribution is 2.59. The Labute approximate surface area is 168 Å². The van der Waals surface area contributed by atoms with Gasteiger partial charge < -0.3 is 5.32 Å². The van der Waals surface area contributed by atoms with Crippen molar-refractivity contribution in [2.45, 2.75) is 45.1 Å². The van der Waals surface area contributed by atoms with Crippen LogP contribution < -0.4 is 5.32 Å². The summed E-state index contributed by atoms with van der Waals surface area (Å²) in [6.07, 6.45) is 10.4. The van der Waals surface area contributed by atoms with Gasteiger partial charge >= 0.3 is 0 Å². The monoisotopic (exact) mass is 382 g/mol. The summed E-state index contributed by atoms with van der Waals surface area (Å²) in [5, 5.41) is 3.33. The summed E-state index contributed by atoms with van der Waals surface area (Å²) >= 11 is 0. The number of carbonyl (C=O) groups excluding carboxylic acids is 1. The summed E-state index contributed by atoms with van der Waals surface area (Å²) in [7, 11) is 0. The molecule has 5 nitrogen and oxygen atoms in total. The van der Waals surface area contributed by atoms with Crippen LogP contribution in [-0.2, 0) is 11.3 Å². The number of rotatable bonds is 6. The van der Waals surface area contributed by atoms with Crippen molar-refractivity contribution in [3.8, 4) is 0 Å². The van der Waals surface area contributed by atoms with Crippen molar-refractivity contribution in [2.75, 3.05) is 39.3 Å². The molecule has 1 saturated heterocycles. The SMILES string of the molecule is O=C(CN1CCN(Cc2ccccn2)CC1)NCC12CC3CC(CC(C3)C1)C2. The highest BCUT2D eigenvalue weighted by atomic mass is 16.2. The van der Waals surface area contributed by atoms with E-state index in [1.807, 2.05) is 18.3 Å². The van der Waals surface area contributed by atoms with Gasteiger partial charge in [0.05, 0.1) is 12.2 Å². The second-order valence-corrected chi connectivity index (χ2v) is 10.1. The number of pyridine rings is 1. The van der Waals surface area contributed by atoms with Gasteiger partial charge in [-0.1, -0.05) is 6.07 Å². The van der Waals surface area contributed by atoms with Crippen LogP contribution in [0.5, 0.6) is 0 Å². The number of amides is 1. The third-order valence-electron chi connectivity index (χ3n) is 7.77. The van der Waals surface area contributed by atoms with Crippen LogP contribution in [0, 0.1) is 23.2 Å². The van der Waals surface area contributed by atoms with Crippen LogP contribution in [0.1, 0.15) is 44.2 Å². The average Bonchev–Trinajstić information content (AvgIpc) is 2.68. The van der Waals surface area contributed by atoms with Gasteiger partial charge in [0.1, 0.15) is 0 Å². The maximum absolute atomic E-state index is 12.6. The van der Waals surface area contributed by atoms with E-state index in [1.54, 1.807) is 0 Å². The maximum atomic E-state index is 12.6. The summed E-state index contributed by atoms with van der Waals surface area (Å²) in [4.78, 5) is 21.8. The number of hydrogen-bond acceptors (Lipinski definition) is 4. The summed E-state index contributed by atoms with van der Waals surface area (Å²) in [5.41, 5.74) is 1.57. The maximum Gasteiger partial charge on any atom is 0.234 e. The Morgan fingerprint density at radius 3 is 2.25 bits per heavy atom. The van der Waals surface area contributed by atoms with Gasteiger partial charge in [0, 0.05) is 45.5 Å². The predicted molar refractivity (Wildman–Crippen MR) is 110 cm³/mol. The molecule has 28 heavy (non-hydrogen) atoms. The minimum atomic E-state index is 0.230. The van der Waals surface area contributed by atoms with E-state index in [0.717, 1.165) is 62.7 Å². The molecule has 0 radical (unpaired) electrons. The van der Waals surface area contributed by atoms with E-state index in [9.17, 15) is 4.79 Å². The molecule has 4 aliphatic carbocycles. The Bertz CT molecular complexity index is 648. The summed E-state index contributed by atoms with van der Waals surface area (Å²) in [6.45, 7) is 6.36. The second-order valence-electron chi connectivity index (χ2n) is 10.1.